The minimum atomic E-state index is -0.340. The maximum Gasteiger partial charge on any atom is 0.327 e. The van der Waals surface area contributed by atoms with E-state index in [-0.39, 0.29) is 6.03 Å². The number of benzene rings is 2. The molecular weight excluding hydrogens is 544 g/mol. The molecule has 5 rings (SSSR count). The lowest BCUT2D eigenvalue weighted by Crippen LogP contribution is -2.32. The molecule has 2 amide bonds. The number of hydrogen-bond acceptors (Lipinski definition) is 8. The standard InChI is InChI=1S/C32H36N8O3/c1-20(2)25-10-7-9-23(36-25)18-40-27-12-8-11-26(31(27)21(3)38-40)37-32(41)39(4)30-16-29(34-19-35-30)33-17-22-13-14-24(42-5)15-28(22)43-6/h7-16,19-20H,17-18H2,1-6H3,(H,37,41)(H,33,34,35). The van der Waals surface area contributed by atoms with Crippen molar-refractivity contribution in [3.63, 3.8) is 0 Å². The Balaban J connectivity index is 1.31. The molecule has 11 heteroatoms. The van der Waals surface area contributed by atoms with Crippen LogP contribution in [0.3, 0.4) is 0 Å². The molecule has 0 fully saturated rings. The summed E-state index contributed by atoms with van der Waals surface area (Å²) in [5.41, 5.74) is 5.31. The van der Waals surface area contributed by atoms with E-state index >= 15 is 0 Å². The zero-order valence-electron chi connectivity index (χ0n) is 25.3. The van der Waals surface area contributed by atoms with Crippen molar-refractivity contribution in [2.24, 2.45) is 0 Å². The van der Waals surface area contributed by atoms with Crippen LogP contribution < -0.4 is 25.0 Å². The molecule has 222 valence electrons. The van der Waals surface area contributed by atoms with Gasteiger partial charge in [-0.1, -0.05) is 26.0 Å². The summed E-state index contributed by atoms with van der Waals surface area (Å²) in [6.07, 6.45) is 1.42. The number of aryl methyl sites for hydroxylation is 1. The first kappa shape index (κ1) is 29.3. The fraction of sp³-hybridized carbons (Fsp3) is 0.281. The number of amides is 2. The third kappa shape index (κ3) is 6.50. The molecule has 43 heavy (non-hydrogen) atoms. The average Bonchev–Trinajstić information content (AvgIpc) is 3.35. The van der Waals surface area contributed by atoms with Crippen LogP contribution in [0.1, 0.15) is 42.4 Å². The Labute approximate surface area is 250 Å². The van der Waals surface area contributed by atoms with Gasteiger partial charge in [0.05, 0.1) is 43.4 Å². The van der Waals surface area contributed by atoms with E-state index in [1.54, 1.807) is 27.3 Å². The summed E-state index contributed by atoms with van der Waals surface area (Å²) in [7, 11) is 4.89. The minimum absolute atomic E-state index is 0.340. The predicted octanol–water partition coefficient (Wildman–Crippen LogP) is 6.00. The Morgan fingerprint density at radius 1 is 1.02 bits per heavy atom. The van der Waals surface area contributed by atoms with Crippen molar-refractivity contribution in [2.75, 3.05) is 36.8 Å². The normalized spacial score (nSPS) is 11.0. The van der Waals surface area contributed by atoms with Gasteiger partial charge in [-0.2, -0.15) is 5.10 Å². The number of methoxy groups -OCH3 is 2. The molecule has 0 bridgehead atoms. The second-order valence-corrected chi connectivity index (χ2v) is 10.4. The summed E-state index contributed by atoms with van der Waals surface area (Å²) in [5, 5.41) is 12.0. The molecular formula is C32H36N8O3. The van der Waals surface area contributed by atoms with Crippen LogP contribution in [-0.4, -0.2) is 52.0 Å². The van der Waals surface area contributed by atoms with Gasteiger partial charge in [-0.15, -0.1) is 0 Å². The summed E-state index contributed by atoms with van der Waals surface area (Å²) in [4.78, 5) is 28.2. The largest absolute Gasteiger partial charge is 0.497 e. The molecule has 3 heterocycles. The van der Waals surface area contributed by atoms with E-state index in [0.717, 1.165) is 33.5 Å². The molecule has 0 aliphatic heterocycles. The van der Waals surface area contributed by atoms with Gasteiger partial charge < -0.3 is 20.1 Å². The Morgan fingerprint density at radius 2 is 1.84 bits per heavy atom. The fourth-order valence-corrected chi connectivity index (χ4v) is 4.82. The van der Waals surface area contributed by atoms with Gasteiger partial charge in [-0.3, -0.25) is 14.6 Å². The van der Waals surface area contributed by atoms with Crippen molar-refractivity contribution in [1.82, 2.24) is 24.7 Å². The van der Waals surface area contributed by atoms with E-state index in [9.17, 15) is 4.79 Å². The zero-order chi connectivity index (χ0) is 30.5. The molecule has 5 aromatic rings. The molecule has 0 radical (unpaired) electrons. The topological polar surface area (TPSA) is 119 Å². The first-order chi connectivity index (χ1) is 20.8. The highest BCUT2D eigenvalue weighted by Gasteiger charge is 2.18. The van der Waals surface area contributed by atoms with Gasteiger partial charge in [-0.05, 0) is 49.2 Å². The molecule has 0 unspecified atom stereocenters. The van der Waals surface area contributed by atoms with Crippen LogP contribution in [0.4, 0.5) is 22.1 Å². The maximum atomic E-state index is 13.4. The van der Waals surface area contributed by atoms with E-state index in [4.69, 9.17) is 19.6 Å². The van der Waals surface area contributed by atoms with Crippen LogP contribution >= 0.6 is 0 Å². The number of aromatic nitrogens is 5. The van der Waals surface area contributed by atoms with Crippen LogP contribution in [0.15, 0.2) is 67.0 Å². The minimum Gasteiger partial charge on any atom is -0.497 e. The summed E-state index contributed by atoms with van der Waals surface area (Å²) < 4.78 is 12.7. The number of fused-ring (bicyclic) bond motifs is 1. The van der Waals surface area contributed by atoms with Crippen LogP contribution in [0.2, 0.25) is 0 Å². The molecule has 0 saturated carbocycles. The number of nitrogens with zero attached hydrogens (tertiary/aromatic N) is 6. The molecule has 0 aliphatic rings. The predicted molar refractivity (Wildman–Crippen MR) is 168 cm³/mol. The number of carbonyl (C=O) groups excluding carboxylic acids is 1. The summed E-state index contributed by atoms with van der Waals surface area (Å²) >= 11 is 0. The van der Waals surface area contributed by atoms with Crippen LogP contribution in [0.5, 0.6) is 11.5 Å². The summed E-state index contributed by atoms with van der Waals surface area (Å²) in [6.45, 7) is 7.19. The van der Waals surface area contributed by atoms with Crippen LogP contribution in [0.25, 0.3) is 10.9 Å². The Morgan fingerprint density at radius 3 is 2.60 bits per heavy atom. The van der Waals surface area contributed by atoms with E-state index in [1.165, 1.54) is 11.2 Å². The smallest absolute Gasteiger partial charge is 0.327 e. The highest BCUT2D eigenvalue weighted by molar-refractivity contribution is 6.07. The van der Waals surface area contributed by atoms with E-state index < -0.39 is 0 Å². The third-order valence-corrected chi connectivity index (χ3v) is 7.18. The average molecular weight is 581 g/mol. The summed E-state index contributed by atoms with van der Waals surface area (Å²) in [6, 6.07) is 18.9. The van der Waals surface area contributed by atoms with Gasteiger partial charge in [0.2, 0.25) is 0 Å². The van der Waals surface area contributed by atoms with Gasteiger partial charge in [-0.25, -0.2) is 14.8 Å². The summed E-state index contributed by atoms with van der Waals surface area (Å²) in [5.74, 6) is 2.76. The molecule has 2 N–H and O–H groups in total. The Hall–Kier alpha value is -5.19. The maximum absolute atomic E-state index is 13.4. The molecule has 3 aromatic heterocycles. The second kappa shape index (κ2) is 12.8. The third-order valence-electron chi connectivity index (χ3n) is 7.18. The lowest BCUT2D eigenvalue weighted by Gasteiger charge is -2.18. The lowest BCUT2D eigenvalue weighted by molar-refractivity contribution is 0.258. The zero-order valence-corrected chi connectivity index (χ0v) is 25.3. The van der Waals surface area contributed by atoms with Gasteiger partial charge in [0.1, 0.15) is 29.5 Å². The number of urea groups is 1. The Kier molecular flexibility index (Phi) is 8.70. The molecule has 0 spiro atoms. The van der Waals surface area contributed by atoms with Crippen molar-refractivity contribution >= 4 is 34.3 Å². The van der Waals surface area contributed by atoms with Gasteiger partial charge >= 0.3 is 6.03 Å². The molecule has 0 saturated heterocycles. The van der Waals surface area contributed by atoms with Crippen LogP contribution in [-0.2, 0) is 13.1 Å². The SMILES string of the molecule is COc1ccc(CNc2cc(N(C)C(=O)Nc3cccc4c3c(C)nn4Cc3cccc(C(C)C)n3)ncn2)c(OC)c1. The van der Waals surface area contributed by atoms with Crippen molar-refractivity contribution in [2.45, 2.75) is 39.8 Å². The number of hydrogen-bond donors (Lipinski definition) is 2. The fourth-order valence-electron chi connectivity index (χ4n) is 4.82. The number of rotatable bonds is 10. The molecule has 0 aliphatic carbocycles. The number of nitrogens with one attached hydrogen (secondary N) is 2. The van der Waals surface area contributed by atoms with Crippen molar-refractivity contribution in [3.8, 4) is 11.5 Å². The highest BCUT2D eigenvalue weighted by Crippen LogP contribution is 2.29. The quantitative estimate of drug-likeness (QED) is 0.207. The monoisotopic (exact) mass is 580 g/mol. The number of pyridine rings is 1. The van der Waals surface area contributed by atoms with Gasteiger partial charge in [0, 0.05) is 42.4 Å². The lowest BCUT2D eigenvalue weighted by atomic mass is 10.1. The van der Waals surface area contributed by atoms with Gasteiger partial charge in [0.25, 0.3) is 0 Å². The van der Waals surface area contributed by atoms with Crippen molar-refractivity contribution < 1.29 is 14.3 Å². The highest BCUT2D eigenvalue weighted by atomic mass is 16.5. The van der Waals surface area contributed by atoms with E-state index in [1.807, 2.05) is 66.2 Å². The number of anilines is 3. The molecule has 0 atom stereocenters. The molecule has 11 nitrogen and oxygen atoms in total. The van der Waals surface area contributed by atoms with E-state index in [0.29, 0.717) is 47.8 Å². The van der Waals surface area contributed by atoms with Gasteiger partial charge in [0.15, 0.2) is 0 Å². The number of ether oxygens (including phenoxy) is 2. The first-order valence-corrected chi connectivity index (χ1v) is 14.0. The molecule has 2 aromatic carbocycles. The van der Waals surface area contributed by atoms with Crippen molar-refractivity contribution in [1.29, 1.82) is 0 Å². The van der Waals surface area contributed by atoms with Crippen LogP contribution in [0, 0.1) is 6.92 Å². The first-order valence-electron chi connectivity index (χ1n) is 14.0. The second-order valence-electron chi connectivity index (χ2n) is 10.4. The van der Waals surface area contributed by atoms with Crippen molar-refractivity contribution in [3.05, 3.63) is 89.6 Å². The Bertz CT molecular complexity index is 1750. The number of carbonyl (C=O) groups is 1. The van der Waals surface area contributed by atoms with E-state index in [2.05, 4.69) is 34.4 Å².